The lowest BCUT2D eigenvalue weighted by Gasteiger charge is -2.31. The molecule has 1 aliphatic heterocycles. The Labute approximate surface area is 213 Å². The maximum Gasteiger partial charge on any atom is 0.422 e. The number of aromatic nitrogens is 3. The van der Waals surface area contributed by atoms with Crippen molar-refractivity contribution in [2.75, 3.05) is 13.2 Å². The van der Waals surface area contributed by atoms with Gasteiger partial charge in [-0.15, -0.1) is 0 Å². The second-order valence-corrected chi connectivity index (χ2v) is 8.59. The van der Waals surface area contributed by atoms with E-state index in [1.54, 1.807) is 36.4 Å². The van der Waals surface area contributed by atoms with E-state index in [0.717, 1.165) is 0 Å². The van der Waals surface area contributed by atoms with Crippen molar-refractivity contribution in [2.45, 2.75) is 31.2 Å². The van der Waals surface area contributed by atoms with Crippen molar-refractivity contribution in [1.82, 2.24) is 20.6 Å². The van der Waals surface area contributed by atoms with Crippen molar-refractivity contribution < 1.29 is 42.0 Å². The molecular weight excluding hydrogens is 509 g/mol. The summed E-state index contributed by atoms with van der Waals surface area (Å²) in [6, 6.07) is 12.1. The number of nitrogens with zero attached hydrogens (tertiary/aromatic N) is 3. The van der Waals surface area contributed by atoms with Crippen LogP contribution in [0.1, 0.15) is 30.1 Å². The van der Waals surface area contributed by atoms with Gasteiger partial charge in [0, 0.05) is 23.1 Å². The van der Waals surface area contributed by atoms with Crippen molar-refractivity contribution in [3.63, 3.8) is 0 Å². The van der Waals surface area contributed by atoms with Crippen LogP contribution in [0.25, 0.3) is 34.3 Å². The van der Waals surface area contributed by atoms with Gasteiger partial charge in [0.1, 0.15) is 29.7 Å². The standard InChI is InChI=1S/C25H21F3N4O6/c26-25(27,28)19-20(13-5-2-1-3-6-13)31-37-22(19)24-30-23(32-38-24)14-8-9-15-17(11-14)36-12-16(21(15)35)29-10-4-7-18(33)34/h1-3,5-6,8-9,11,16,21,29,35H,4,7,10,12H2,(H,33,34)/t16-,21+/m1/s1. The van der Waals surface area contributed by atoms with E-state index in [9.17, 15) is 23.1 Å². The van der Waals surface area contributed by atoms with Crippen LogP contribution in [0.2, 0.25) is 0 Å². The topological polar surface area (TPSA) is 144 Å². The predicted octanol–water partition coefficient (Wildman–Crippen LogP) is 4.33. The molecule has 0 unspecified atom stereocenters. The van der Waals surface area contributed by atoms with Crippen molar-refractivity contribution >= 4 is 5.97 Å². The van der Waals surface area contributed by atoms with Crippen LogP contribution in [0.4, 0.5) is 13.2 Å². The van der Waals surface area contributed by atoms with Gasteiger partial charge in [0.25, 0.3) is 5.89 Å². The molecular formula is C25H21F3N4O6. The molecule has 4 aromatic rings. The molecule has 5 rings (SSSR count). The molecule has 0 saturated carbocycles. The lowest BCUT2D eigenvalue weighted by molar-refractivity contribution is -0.138. The number of benzene rings is 2. The van der Waals surface area contributed by atoms with Crippen LogP contribution in [0.3, 0.4) is 0 Å². The van der Waals surface area contributed by atoms with E-state index in [2.05, 4.69) is 20.6 Å². The number of fused-ring (bicyclic) bond motifs is 1. The summed E-state index contributed by atoms with van der Waals surface area (Å²) >= 11 is 0. The number of hydrogen-bond acceptors (Lipinski definition) is 9. The summed E-state index contributed by atoms with van der Waals surface area (Å²) in [5, 5.41) is 29.9. The number of carboxylic acids is 1. The molecule has 3 heterocycles. The number of nitrogens with one attached hydrogen (secondary N) is 1. The molecule has 0 aliphatic carbocycles. The van der Waals surface area contributed by atoms with E-state index in [4.69, 9.17) is 18.9 Å². The second-order valence-electron chi connectivity index (χ2n) is 8.59. The van der Waals surface area contributed by atoms with E-state index >= 15 is 0 Å². The Hall–Kier alpha value is -4.23. The predicted molar refractivity (Wildman–Crippen MR) is 125 cm³/mol. The highest BCUT2D eigenvalue weighted by Gasteiger charge is 2.43. The van der Waals surface area contributed by atoms with Gasteiger partial charge in [-0.3, -0.25) is 4.79 Å². The van der Waals surface area contributed by atoms with Crippen LogP contribution < -0.4 is 10.1 Å². The molecule has 2 aromatic carbocycles. The Balaban J connectivity index is 1.38. The molecule has 0 amide bonds. The fraction of sp³-hybridized carbons (Fsp3) is 0.280. The first kappa shape index (κ1) is 25.4. The molecule has 0 fully saturated rings. The van der Waals surface area contributed by atoms with Crippen LogP contribution in [-0.4, -0.2) is 50.7 Å². The zero-order valence-corrected chi connectivity index (χ0v) is 19.6. The van der Waals surface area contributed by atoms with Gasteiger partial charge < -0.3 is 29.3 Å². The van der Waals surface area contributed by atoms with Gasteiger partial charge in [-0.25, -0.2) is 0 Å². The maximum atomic E-state index is 14.0. The summed E-state index contributed by atoms with van der Waals surface area (Å²) in [4.78, 5) is 14.7. The number of aliphatic carboxylic acids is 1. The number of hydrogen-bond donors (Lipinski definition) is 3. The van der Waals surface area contributed by atoms with Gasteiger partial charge in [-0.05, 0) is 19.0 Å². The summed E-state index contributed by atoms with van der Waals surface area (Å²) < 4.78 is 57.8. The van der Waals surface area contributed by atoms with E-state index in [-0.39, 0.29) is 24.4 Å². The van der Waals surface area contributed by atoms with E-state index < -0.39 is 47.2 Å². The zero-order chi connectivity index (χ0) is 26.9. The average molecular weight is 530 g/mol. The van der Waals surface area contributed by atoms with Gasteiger partial charge >= 0.3 is 12.1 Å². The summed E-state index contributed by atoms with van der Waals surface area (Å²) in [6.07, 6.45) is -5.31. The smallest absolute Gasteiger partial charge is 0.422 e. The maximum absolute atomic E-state index is 14.0. The Kier molecular flexibility index (Phi) is 6.87. The summed E-state index contributed by atoms with van der Waals surface area (Å²) in [5.41, 5.74) is -0.431. The first-order chi connectivity index (χ1) is 18.2. The lowest BCUT2D eigenvalue weighted by atomic mass is 9.97. The highest BCUT2D eigenvalue weighted by Crippen LogP contribution is 2.43. The molecule has 2 aromatic heterocycles. The molecule has 3 N–H and O–H groups in total. The molecule has 10 nitrogen and oxygen atoms in total. The van der Waals surface area contributed by atoms with Gasteiger partial charge in [0.2, 0.25) is 11.6 Å². The second kappa shape index (κ2) is 10.3. The summed E-state index contributed by atoms with van der Waals surface area (Å²) in [7, 11) is 0. The average Bonchev–Trinajstić information content (AvgIpc) is 3.56. The zero-order valence-electron chi connectivity index (χ0n) is 19.6. The summed E-state index contributed by atoms with van der Waals surface area (Å²) in [5.74, 6) is -1.75. The number of rotatable bonds is 8. The molecule has 0 spiro atoms. The van der Waals surface area contributed by atoms with E-state index in [0.29, 0.717) is 29.8 Å². The first-order valence-electron chi connectivity index (χ1n) is 11.6. The quantitative estimate of drug-likeness (QED) is 0.282. The third-order valence-electron chi connectivity index (χ3n) is 6.01. The van der Waals surface area contributed by atoms with Gasteiger partial charge in [0.15, 0.2) is 0 Å². The molecule has 13 heteroatoms. The van der Waals surface area contributed by atoms with Crippen molar-refractivity contribution in [1.29, 1.82) is 0 Å². The van der Waals surface area contributed by atoms with Gasteiger partial charge in [-0.1, -0.05) is 52.8 Å². The van der Waals surface area contributed by atoms with E-state index in [1.807, 2.05) is 0 Å². The minimum Gasteiger partial charge on any atom is -0.491 e. The Bertz CT molecular complexity index is 1440. The molecule has 0 saturated heterocycles. The van der Waals surface area contributed by atoms with Crippen LogP contribution in [-0.2, 0) is 11.0 Å². The monoisotopic (exact) mass is 530 g/mol. The number of halogens is 3. The highest BCUT2D eigenvalue weighted by molar-refractivity contribution is 5.71. The largest absolute Gasteiger partial charge is 0.491 e. The van der Waals surface area contributed by atoms with Crippen molar-refractivity contribution in [3.8, 4) is 40.0 Å². The Morgan fingerprint density at radius 1 is 1.08 bits per heavy atom. The molecule has 2 atom stereocenters. The van der Waals surface area contributed by atoms with Gasteiger partial charge in [0.05, 0.1) is 6.04 Å². The number of carboxylic acid groups (broad SMARTS) is 1. The minimum absolute atomic E-state index is 0.00933. The van der Waals surface area contributed by atoms with Gasteiger partial charge in [-0.2, -0.15) is 18.2 Å². The molecule has 0 radical (unpaired) electrons. The van der Waals surface area contributed by atoms with Crippen molar-refractivity contribution in [2.24, 2.45) is 0 Å². The van der Waals surface area contributed by atoms with Crippen LogP contribution in [0.15, 0.2) is 57.6 Å². The molecule has 1 aliphatic rings. The number of aliphatic hydroxyl groups is 1. The van der Waals surface area contributed by atoms with Crippen LogP contribution >= 0.6 is 0 Å². The SMILES string of the molecule is O=C(O)CCCN[C@@H]1COc2cc(-c3noc(-c4onc(-c5ccccc5)c4C(F)(F)F)n3)ccc2[C@@H]1O. The number of alkyl halides is 3. The highest BCUT2D eigenvalue weighted by atomic mass is 19.4. The first-order valence-corrected chi connectivity index (χ1v) is 11.6. The number of aliphatic hydroxyl groups excluding tert-OH is 1. The fourth-order valence-electron chi connectivity index (χ4n) is 4.15. The number of ether oxygens (including phenoxy) is 1. The Morgan fingerprint density at radius 3 is 2.61 bits per heavy atom. The summed E-state index contributed by atoms with van der Waals surface area (Å²) in [6.45, 7) is 0.515. The third-order valence-corrected chi connectivity index (χ3v) is 6.01. The number of carbonyl (C=O) groups is 1. The lowest BCUT2D eigenvalue weighted by Crippen LogP contribution is -2.43. The molecule has 198 valence electrons. The van der Waals surface area contributed by atoms with Crippen molar-refractivity contribution in [3.05, 3.63) is 59.7 Å². The normalized spacial score (nSPS) is 17.2. The molecule has 38 heavy (non-hydrogen) atoms. The van der Waals surface area contributed by atoms with E-state index in [1.165, 1.54) is 12.1 Å². The van der Waals surface area contributed by atoms with Crippen LogP contribution in [0.5, 0.6) is 5.75 Å². The fourth-order valence-corrected chi connectivity index (χ4v) is 4.15. The third kappa shape index (κ3) is 5.10. The Morgan fingerprint density at radius 2 is 1.87 bits per heavy atom. The van der Waals surface area contributed by atoms with Crippen LogP contribution in [0, 0.1) is 0 Å². The minimum atomic E-state index is -4.80. The molecule has 0 bridgehead atoms.